The standard InChI is InChI=1S/C18H16F2N2O/c1-10-3-6-17-14(7-10)13(11(2)21-17)9-18(23)22-12-4-5-15(19)16(20)8-12/h3-8,21H,9H2,1-2H3,(H,22,23). The molecule has 3 nitrogen and oxygen atoms in total. The maximum atomic E-state index is 13.2. The van der Waals surface area contributed by atoms with E-state index in [1.807, 2.05) is 32.0 Å². The van der Waals surface area contributed by atoms with Crippen LogP contribution in [-0.4, -0.2) is 10.9 Å². The highest BCUT2D eigenvalue weighted by Crippen LogP contribution is 2.24. The zero-order valence-corrected chi connectivity index (χ0v) is 12.8. The molecule has 0 aliphatic carbocycles. The molecular formula is C18H16F2N2O. The van der Waals surface area contributed by atoms with Gasteiger partial charge in [-0.1, -0.05) is 11.6 Å². The predicted octanol–water partition coefficient (Wildman–Crippen LogP) is 4.24. The first kappa shape index (κ1) is 15.2. The van der Waals surface area contributed by atoms with Crippen molar-refractivity contribution in [3.05, 3.63) is 64.9 Å². The van der Waals surface area contributed by atoms with E-state index >= 15 is 0 Å². The van der Waals surface area contributed by atoms with Crippen molar-refractivity contribution in [2.45, 2.75) is 20.3 Å². The van der Waals surface area contributed by atoms with Gasteiger partial charge in [-0.05, 0) is 43.7 Å². The van der Waals surface area contributed by atoms with Crippen LogP contribution in [-0.2, 0) is 11.2 Å². The molecule has 0 radical (unpaired) electrons. The summed E-state index contributed by atoms with van der Waals surface area (Å²) in [7, 11) is 0. The van der Waals surface area contributed by atoms with Crippen molar-refractivity contribution in [3.63, 3.8) is 0 Å². The van der Waals surface area contributed by atoms with Crippen LogP contribution in [0.25, 0.3) is 10.9 Å². The van der Waals surface area contributed by atoms with E-state index in [0.717, 1.165) is 39.9 Å². The number of rotatable bonds is 3. The summed E-state index contributed by atoms with van der Waals surface area (Å²) in [6.07, 6.45) is 0.161. The van der Waals surface area contributed by atoms with Gasteiger partial charge in [0.1, 0.15) is 0 Å². The second-order valence-corrected chi connectivity index (χ2v) is 5.63. The molecule has 0 fully saturated rings. The van der Waals surface area contributed by atoms with Gasteiger partial charge in [0, 0.05) is 28.4 Å². The zero-order valence-electron chi connectivity index (χ0n) is 12.8. The molecule has 0 unspecified atom stereocenters. The lowest BCUT2D eigenvalue weighted by Gasteiger charge is -2.06. The largest absolute Gasteiger partial charge is 0.358 e. The maximum Gasteiger partial charge on any atom is 0.228 e. The fourth-order valence-corrected chi connectivity index (χ4v) is 2.66. The summed E-state index contributed by atoms with van der Waals surface area (Å²) in [6, 6.07) is 9.31. The zero-order chi connectivity index (χ0) is 16.6. The summed E-state index contributed by atoms with van der Waals surface area (Å²) in [5, 5.41) is 3.60. The van der Waals surface area contributed by atoms with Crippen LogP contribution in [0.5, 0.6) is 0 Å². The number of H-pyrrole nitrogens is 1. The number of aryl methyl sites for hydroxylation is 2. The molecule has 0 atom stereocenters. The van der Waals surface area contributed by atoms with Crippen molar-refractivity contribution < 1.29 is 13.6 Å². The van der Waals surface area contributed by atoms with Gasteiger partial charge in [0.2, 0.25) is 5.91 Å². The smallest absolute Gasteiger partial charge is 0.228 e. The molecule has 0 bridgehead atoms. The Labute approximate surface area is 132 Å². The van der Waals surface area contributed by atoms with Crippen LogP contribution in [0.4, 0.5) is 14.5 Å². The number of aromatic nitrogens is 1. The lowest BCUT2D eigenvalue weighted by atomic mass is 10.1. The van der Waals surface area contributed by atoms with Crippen LogP contribution < -0.4 is 5.32 Å². The molecule has 0 saturated heterocycles. The Balaban J connectivity index is 1.84. The van der Waals surface area contributed by atoms with E-state index in [-0.39, 0.29) is 18.0 Å². The quantitative estimate of drug-likeness (QED) is 0.746. The van der Waals surface area contributed by atoms with E-state index in [4.69, 9.17) is 0 Å². The fraction of sp³-hybridized carbons (Fsp3) is 0.167. The van der Waals surface area contributed by atoms with Gasteiger partial charge < -0.3 is 10.3 Å². The minimum absolute atomic E-state index is 0.161. The van der Waals surface area contributed by atoms with Crippen LogP contribution in [0.1, 0.15) is 16.8 Å². The number of fused-ring (bicyclic) bond motifs is 1. The Morgan fingerprint density at radius 3 is 2.61 bits per heavy atom. The van der Waals surface area contributed by atoms with Crippen LogP contribution >= 0.6 is 0 Å². The molecule has 2 N–H and O–H groups in total. The maximum absolute atomic E-state index is 13.2. The third-order valence-corrected chi connectivity index (χ3v) is 3.82. The normalized spacial score (nSPS) is 11.0. The SMILES string of the molecule is Cc1ccc2[nH]c(C)c(CC(=O)Nc3ccc(F)c(F)c3)c2c1. The van der Waals surface area contributed by atoms with E-state index < -0.39 is 11.6 Å². The Bertz CT molecular complexity index is 899. The average molecular weight is 314 g/mol. The van der Waals surface area contributed by atoms with Crippen molar-refractivity contribution in [2.24, 2.45) is 0 Å². The second kappa shape index (κ2) is 5.83. The second-order valence-electron chi connectivity index (χ2n) is 5.63. The molecule has 0 spiro atoms. The molecular weight excluding hydrogens is 298 g/mol. The van der Waals surface area contributed by atoms with E-state index in [0.29, 0.717) is 0 Å². The average Bonchev–Trinajstić information content (AvgIpc) is 2.79. The molecule has 0 aliphatic rings. The topological polar surface area (TPSA) is 44.9 Å². The van der Waals surface area contributed by atoms with Gasteiger partial charge in [0.15, 0.2) is 11.6 Å². The summed E-state index contributed by atoms with van der Waals surface area (Å²) < 4.78 is 26.1. The third kappa shape index (κ3) is 3.08. The Hall–Kier alpha value is -2.69. The van der Waals surface area contributed by atoms with Crippen LogP contribution in [0.15, 0.2) is 36.4 Å². The van der Waals surface area contributed by atoms with Crippen molar-refractivity contribution >= 4 is 22.5 Å². The molecule has 0 aliphatic heterocycles. The number of halogens is 2. The molecule has 3 aromatic rings. The van der Waals surface area contributed by atoms with Gasteiger partial charge in [-0.15, -0.1) is 0 Å². The number of benzene rings is 2. The Morgan fingerprint density at radius 1 is 1.09 bits per heavy atom. The fourth-order valence-electron chi connectivity index (χ4n) is 2.66. The summed E-state index contributed by atoms with van der Waals surface area (Å²) in [6.45, 7) is 3.91. The van der Waals surface area contributed by atoms with Crippen LogP contribution in [0, 0.1) is 25.5 Å². The van der Waals surface area contributed by atoms with Gasteiger partial charge in [0.05, 0.1) is 6.42 Å². The van der Waals surface area contributed by atoms with Crippen molar-refractivity contribution in [2.75, 3.05) is 5.32 Å². The van der Waals surface area contributed by atoms with Gasteiger partial charge >= 0.3 is 0 Å². The van der Waals surface area contributed by atoms with Crippen molar-refractivity contribution in [1.82, 2.24) is 4.98 Å². The highest BCUT2D eigenvalue weighted by atomic mass is 19.2. The number of hydrogen-bond donors (Lipinski definition) is 2. The third-order valence-electron chi connectivity index (χ3n) is 3.82. The Morgan fingerprint density at radius 2 is 1.87 bits per heavy atom. The molecule has 5 heteroatoms. The van der Waals surface area contributed by atoms with Crippen LogP contribution in [0.3, 0.4) is 0 Å². The molecule has 1 amide bonds. The van der Waals surface area contributed by atoms with Crippen molar-refractivity contribution in [1.29, 1.82) is 0 Å². The number of hydrogen-bond acceptors (Lipinski definition) is 1. The van der Waals surface area contributed by atoms with Crippen LogP contribution in [0.2, 0.25) is 0 Å². The predicted molar refractivity (Wildman–Crippen MR) is 86.5 cm³/mol. The minimum atomic E-state index is -0.985. The Kier molecular flexibility index (Phi) is 3.86. The first-order valence-corrected chi connectivity index (χ1v) is 7.27. The summed E-state index contributed by atoms with van der Waals surface area (Å²) in [5.74, 6) is -2.20. The number of anilines is 1. The number of amides is 1. The van der Waals surface area contributed by atoms with Gasteiger partial charge in [-0.25, -0.2) is 8.78 Å². The van der Waals surface area contributed by atoms with E-state index in [1.165, 1.54) is 6.07 Å². The number of nitrogens with one attached hydrogen (secondary N) is 2. The molecule has 2 aromatic carbocycles. The molecule has 1 heterocycles. The van der Waals surface area contributed by atoms with Gasteiger partial charge in [-0.3, -0.25) is 4.79 Å². The summed E-state index contributed by atoms with van der Waals surface area (Å²) in [5.41, 5.74) is 4.15. The van der Waals surface area contributed by atoms with E-state index in [1.54, 1.807) is 0 Å². The lowest BCUT2D eigenvalue weighted by molar-refractivity contribution is -0.115. The first-order chi connectivity index (χ1) is 10.9. The molecule has 1 aromatic heterocycles. The van der Waals surface area contributed by atoms with Gasteiger partial charge in [0.25, 0.3) is 0 Å². The number of carbonyl (C=O) groups is 1. The highest BCUT2D eigenvalue weighted by molar-refractivity contribution is 5.96. The minimum Gasteiger partial charge on any atom is -0.358 e. The number of aromatic amines is 1. The molecule has 118 valence electrons. The molecule has 23 heavy (non-hydrogen) atoms. The molecule has 3 rings (SSSR count). The van der Waals surface area contributed by atoms with E-state index in [2.05, 4.69) is 10.3 Å². The van der Waals surface area contributed by atoms with E-state index in [9.17, 15) is 13.6 Å². The highest BCUT2D eigenvalue weighted by Gasteiger charge is 2.13. The summed E-state index contributed by atoms with van der Waals surface area (Å²) in [4.78, 5) is 15.5. The van der Waals surface area contributed by atoms with Gasteiger partial charge in [-0.2, -0.15) is 0 Å². The lowest BCUT2D eigenvalue weighted by Crippen LogP contribution is -2.15. The number of carbonyl (C=O) groups excluding carboxylic acids is 1. The summed E-state index contributed by atoms with van der Waals surface area (Å²) >= 11 is 0. The first-order valence-electron chi connectivity index (χ1n) is 7.27. The van der Waals surface area contributed by atoms with Crippen molar-refractivity contribution in [3.8, 4) is 0 Å². The monoisotopic (exact) mass is 314 g/mol. The molecule has 0 saturated carbocycles.